The zero-order valence-electron chi connectivity index (χ0n) is 12.9. The summed E-state index contributed by atoms with van der Waals surface area (Å²) < 4.78 is 32.3. The number of anilines is 1. The van der Waals surface area contributed by atoms with E-state index in [0.29, 0.717) is 12.2 Å². The summed E-state index contributed by atoms with van der Waals surface area (Å²) in [5.41, 5.74) is 0.297. The highest BCUT2D eigenvalue weighted by Crippen LogP contribution is 2.23. The number of carboxylic acid groups (broad SMARTS) is 1. The quantitative estimate of drug-likeness (QED) is 0.634. The van der Waals surface area contributed by atoms with E-state index in [9.17, 15) is 13.2 Å². The molecule has 0 aromatic heterocycles. The fourth-order valence-electron chi connectivity index (χ4n) is 1.90. The van der Waals surface area contributed by atoms with E-state index in [2.05, 4.69) is 10.0 Å². The average molecular weight is 330 g/mol. The van der Waals surface area contributed by atoms with E-state index in [1.807, 2.05) is 6.92 Å². The van der Waals surface area contributed by atoms with Crippen LogP contribution in [0, 0.1) is 0 Å². The number of aromatic carboxylic acids is 1. The lowest BCUT2D eigenvalue weighted by Gasteiger charge is -2.17. The molecule has 0 heterocycles. The maximum absolute atomic E-state index is 12.5. The van der Waals surface area contributed by atoms with Gasteiger partial charge in [0.15, 0.2) is 0 Å². The summed E-state index contributed by atoms with van der Waals surface area (Å²) in [6, 6.07) is 3.57. The normalized spacial score (nSPS) is 12.9. The van der Waals surface area contributed by atoms with Gasteiger partial charge in [0.2, 0.25) is 10.0 Å². The Morgan fingerprint density at radius 2 is 2.09 bits per heavy atom. The molecule has 0 bridgehead atoms. The summed E-state index contributed by atoms with van der Waals surface area (Å²) in [7, 11) is -2.38. The van der Waals surface area contributed by atoms with Crippen LogP contribution in [-0.4, -0.2) is 45.8 Å². The van der Waals surface area contributed by atoms with E-state index < -0.39 is 22.0 Å². The number of carbonyl (C=O) groups is 1. The third kappa shape index (κ3) is 4.97. The van der Waals surface area contributed by atoms with Crippen LogP contribution in [0.1, 0.15) is 30.6 Å². The van der Waals surface area contributed by atoms with Crippen molar-refractivity contribution in [1.29, 1.82) is 0 Å². The molecule has 7 nitrogen and oxygen atoms in total. The molecule has 8 heteroatoms. The van der Waals surface area contributed by atoms with Crippen LogP contribution in [0.4, 0.5) is 5.69 Å². The molecule has 0 aliphatic carbocycles. The molecule has 1 rings (SSSR count). The first kappa shape index (κ1) is 18.4. The van der Waals surface area contributed by atoms with Gasteiger partial charge in [-0.1, -0.05) is 6.92 Å². The van der Waals surface area contributed by atoms with Crippen molar-refractivity contribution >= 4 is 21.7 Å². The van der Waals surface area contributed by atoms with Gasteiger partial charge in [-0.05, 0) is 31.5 Å². The monoisotopic (exact) mass is 330 g/mol. The molecule has 1 aromatic carbocycles. The highest BCUT2D eigenvalue weighted by atomic mass is 32.2. The van der Waals surface area contributed by atoms with Crippen molar-refractivity contribution in [3.63, 3.8) is 0 Å². The molecule has 0 fully saturated rings. The molecule has 124 valence electrons. The minimum absolute atomic E-state index is 0.0798. The van der Waals surface area contributed by atoms with Crippen molar-refractivity contribution in [3.8, 4) is 0 Å². The molecule has 0 radical (unpaired) electrons. The van der Waals surface area contributed by atoms with E-state index >= 15 is 0 Å². The maximum atomic E-state index is 12.5. The van der Waals surface area contributed by atoms with Gasteiger partial charge in [0.05, 0.1) is 17.9 Å². The van der Waals surface area contributed by atoms with Gasteiger partial charge in [0, 0.05) is 19.7 Å². The van der Waals surface area contributed by atoms with E-state index in [0.717, 1.165) is 12.5 Å². The molecule has 0 aliphatic rings. The molecule has 0 amide bonds. The molecular formula is C14H22N2O5S. The Hall–Kier alpha value is -1.64. The van der Waals surface area contributed by atoms with Crippen molar-refractivity contribution in [1.82, 2.24) is 4.72 Å². The van der Waals surface area contributed by atoms with Gasteiger partial charge in [-0.15, -0.1) is 0 Å². The van der Waals surface area contributed by atoms with Crippen LogP contribution >= 0.6 is 0 Å². The molecule has 1 atom stereocenters. The molecule has 1 unspecified atom stereocenters. The Kier molecular flexibility index (Phi) is 6.79. The van der Waals surface area contributed by atoms with Gasteiger partial charge in [0.25, 0.3) is 0 Å². The van der Waals surface area contributed by atoms with Gasteiger partial charge >= 0.3 is 5.97 Å². The first-order valence-electron chi connectivity index (χ1n) is 6.94. The van der Waals surface area contributed by atoms with Crippen LogP contribution in [0.15, 0.2) is 23.1 Å². The van der Waals surface area contributed by atoms with Crippen molar-refractivity contribution in [2.75, 3.05) is 25.6 Å². The van der Waals surface area contributed by atoms with Crippen molar-refractivity contribution in [2.24, 2.45) is 0 Å². The zero-order chi connectivity index (χ0) is 16.8. The van der Waals surface area contributed by atoms with Crippen molar-refractivity contribution < 1.29 is 23.1 Å². The number of methoxy groups -OCH3 is 1. The maximum Gasteiger partial charge on any atom is 0.335 e. The smallest absolute Gasteiger partial charge is 0.335 e. The Morgan fingerprint density at radius 3 is 2.64 bits per heavy atom. The third-order valence-electron chi connectivity index (χ3n) is 2.86. The van der Waals surface area contributed by atoms with Gasteiger partial charge in [-0.25, -0.2) is 17.9 Å². The zero-order valence-corrected chi connectivity index (χ0v) is 13.7. The summed E-state index contributed by atoms with van der Waals surface area (Å²) >= 11 is 0. The summed E-state index contributed by atoms with van der Waals surface area (Å²) in [6.07, 6.45) is 0.813. The lowest BCUT2D eigenvalue weighted by molar-refractivity contribution is 0.0696. The summed E-state index contributed by atoms with van der Waals surface area (Å²) in [5, 5.41) is 12.0. The SMILES string of the molecule is CCCNc1ccc(C(=O)O)cc1S(=O)(=O)NC(C)COC. The summed E-state index contributed by atoms with van der Waals surface area (Å²) in [6.45, 7) is 4.42. The number of benzene rings is 1. The molecule has 0 aliphatic heterocycles. The first-order chi connectivity index (χ1) is 10.3. The second kappa shape index (κ2) is 8.11. The molecule has 1 aromatic rings. The second-order valence-corrected chi connectivity index (χ2v) is 6.60. The van der Waals surface area contributed by atoms with Crippen molar-refractivity contribution in [2.45, 2.75) is 31.2 Å². The highest BCUT2D eigenvalue weighted by Gasteiger charge is 2.22. The number of nitrogens with one attached hydrogen (secondary N) is 2. The molecule has 0 spiro atoms. The van der Waals surface area contributed by atoms with E-state index in [1.54, 1.807) is 6.92 Å². The Balaban J connectivity index is 3.21. The predicted octanol–water partition coefficient (Wildman–Crippen LogP) is 1.52. The van der Waals surface area contributed by atoms with Crippen molar-refractivity contribution in [3.05, 3.63) is 23.8 Å². The van der Waals surface area contributed by atoms with Crippen LogP contribution < -0.4 is 10.0 Å². The molecule has 3 N–H and O–H groups in total. The van der Waals surface area contributed by atoms with Gasteiger partial charge in [0.1, 0.15) is 4.90 Å². The number of carboxylic acids is 1. The first-order valence-corrected chi connectivity index (χ1v) is 8.42. The second-order valence-electron chi connectivity index (χ2n) is 4.92. The molecular weight excluding hydrogens is 308 g/mol. The van der Waals surface area contributed by atoms with Gasteiger partial charge in [-0.2, -0.15) is 0 Å². The van der Waals surface area contributed by atoms with Gasteiger partial charge < -0.3 is 15.2 Å². The average Bonchev–Trinajstić information content (AvgIpc) is 2.44. The number of rotatable bonds is 9. The lowest BCUT2D eigenvalue weighted by Crippen LogP contribution is -2.36. The number of ether oxygens (including phenoxy) is 1. The molecule has 0 saturated heterocycles. The fourth-order valence-corrected chi connectivity index (χ4v) is 3.33. The molecule has 0 saturated carbocycles. The van der Waals surface area contributed by atoms with Crippen LogP contribution in [0.25, 0.3) is 0 Å². The van der Waals surface area contributed by atoms with Crippen LogP contribution in [0.3, 0.4) is 0 Å². The van der Waals surface area contributed by atoms with Gasteiger partial charge in [-0.3, -0.25) is 0 Å². The Bertz CT molecular complexity index is 616. The fraction of sp³-hybridized carbons (Fsp3) is 0.500. The predicted molar refractivity (Wildman–Crippen MR) is 83.8 cm³/mol. The van der Waals surface area contributed by atoms with Crippen LogP contribution in [0.5, 0.6) is 0 Å². The minimum atomic E-state index is -3.85. The highest BCUT2D eigenvalue weighted by molar-refractivity contribution is 7.89. The van der Waals surface area contributed by atoms with E-state index in [1.165, 1.54) is 19.2 Å². The van der Waals surface area contributed by atoms with E-state index in [-0.39, 0.29) is 17.1 Å². The molecule has 22 heavy (non-hydrogen) atoms. The third-order valence-corrected chi connectivity index (χ3v) is 4.49. The number of hydrogen-bond acceptors (Lipinski definition) is 5. The number of sulfonamides is 1. The summed E-state index contributed by atoms with van der Waals surface area (Å²) in [5.74, 6) is -1.18. The Labute approximate surface area is 130 Å². The standard InChI is InChI=1S/C14H22N2O5S/c1-4-7-15-12-6-5-11(14(17)18)8-13(12)22(19,20)16-10(2)9-21-3/h5-6,8,10,15-16H,4,7,9H2,1-3H3,(H,17,18). The number of hydrogen-bond donors (Lipinski definition) is 3. The lowest BCUT2D eigenvalue weighted by atomic mass is 10.2. The van der Waals surface area contributed by atoms with Crippen LogP contribution in [-0.2, 0) is 14.8 Å². The summed E-state index contributed by atoms with van der Waals surface area (Å²) in [4.78, 5) is 11.0. The van der Waals surface area contributed by atoms with Crippen LogP contribution in [0.2, 0.25) is 0 Å². The topological polar surface area (TPSA) is 105 Å². The largest absolute Gasteiger partial charge is 0.478 e. The Morgan fingerprint density at radius 1 is 1.41 bits per heavy atom. The minimum Gasteiger partial charge on any atom is -0.478 e. The van der Waals surface area contributed by atoms with E-state index in [4.69, 9.17) is 9.84 Å².